The highest BCUT2D eigenvalue weighted by Crippen LogP contribution is 2.12. The number of carbonyl (C=O) groups excluding carboxylic acids is 1. The smallest absolute Gasteiger partial charge is 0.317 e. The second-order valence-corrected chi connectivity index (χ2v) is 4.96. The van der Waals surface area contributed by atoms with Gasteiger partial charge in [0.05, 0.1) is 18.8 Å². The number of amides is 2. The fraction of sp³-hybridized carbons (Fsp3) is 0.333. The van der Waals surface area contributed by atoms with Crippen LogP contribution in [-0.2, 0) is 13.6 Å². The second kappa shape index (κ2) is 6.23. The lowest BCUT2D eigenvalue weighted by atomic mass is 10.1. The van der Waals surface area contributed by atoms with Crippen molar-refractivity contribution in [2.24, 2.45) is 7.05 Å². The molecule has 0 aliphatic rings. The van der Waals surface area contributed by atoms with Crippen molar-refractivity contribution in [3.63, 3.8) is 0 Å². The van der Waals surface area contributed by atoms with E-state index in [0.717, 1.165) is 11.1 Å². The average Bonchev–Trinajstić information content (AvgIpc) is 2.85. The van der Waals surface area contributed by atoms with Crippen molar-refractivity contribution in [2.75, 3.05) is 7.05 Å². The van der Waals surface area contributed by atoms with Crippen LogP contribution in [0.25, 0.3) is 0 Å². The molecule has 1 atom stereocenters. The van der Waals surface area contributed by atoms with Crippen LogP contribution >= 0.6 is 0 Å². The maximum Gasteiger partial charge on any atom is 0.317 e. The fourth-order valence-corrected chi connectivity index (χ4v) is 2.02. The topological polar surface area (TPSA) is 50.2 Å². The summed E-state index contributed by atoms with van der Waals surface area (Å²) in [6.07, 6.45) is 3.68. The number of hydrogen-bond acceptors (Lipinski definition) is 2. The van der Waals surface area contributed by atoms with Gasteiger partial charge in [-0.25, -0.2) is 4.79 Å². The molecule has 5 heteroatoms. The normalized spacial score (nSPS) is 11.9. The summed E-state index contributed by atoms with van der Waals surface area (Å²) in [6, 6.07) is 9.81. The molecule has 0 saturated heterocycles. The molecule has 1 heterocycles. The van der Waals surface area contributed by atoms with Crippen molar-refractivity contribution < 1.29 is 4.79 Å². The van der Waals surface area contributed by atoms with Crippen LogP contribution in [0.4, 0.5) is 4.79 Å². The van der Waals surface area contributed by atoms with Gasteiger partial charge in [0.15, 0.2) is 0 Å². The van der Waals surface area contributed by atoms with Gasteiger partial charge in [-0.1, -0.05) is 30.3 Å². The molecule has 0 saturated carbocycles. The van der Waals surface area contributed by atoms with E-state index in [2.05, 4.69) is 10.4 Å². The van der Waals surface area contributed by atoms with Gasteiger partial charge in [-0.05, 0) is 12.5 Å². The van der Waals surface area contributed by atoms with Gasteiger partial charge in [0.1, 0.15) is 0 Å². The van der Waals surface area contributed by atoms with Gasteiger partial charge in [0.25, 0.3) is 0 Å². The van der Waals surface area contributed by atoms with E-state index in [-0.39, 0.29) is 12.1 Å². The number of carbonyl (C=O) groups is 1. The molecule has 0 radical (unpaired) electrons. The summed E-state index contributed by atoms with van der Waals surface area (Å²) in [5.74, 6) is 0. The molecular weight excluding hydrogens is 252 g/mol. The Morgan fingerprint density at radius 1 is 1.40 bits per heavy atom. The van der Waals surface area contributed by atoms with Crippen molar-refractivity contribution in [2.45, 2.75) is 19.5 Å². The summed E-state index contributed by atoms with van der Waals surface area (Å²) in [5.41, 5.74) is 2.10. The number of urea groups is 1. The third kappa shape index (κ3) is 3.60. The molecule has 1 unspecified atom stereocenters. The van der Waals surface area contributed by atoms with Crippen molar-refractivity contribution in [1.82, 2.24) is 20.0 Å². The van der Waals surface area contributed by atoms with Crippen LogP contribution in [0.1, 0.15) is 24.1 Å². The Bertz CT molecular complexity index is 564. The first-order chi connectivity index (χ1) is 9.56. The van der Waals surface area contributed by atoms with Crippen LogP contribution in [0.5, 0.6) is 0 Å². The SMILES string of the molecule is CC(NC(=O)N(C)Cc1cnn(C)c1)c1ccccc1. The van der Waals surface area contributed by atoms with E-state index >= 15 is 0 Å². The number of nitrogens with zero attached hydrogens (tertiary/aromatic N) is 3. The lowest BCUT2D eigenvalue weighted by Crippen LogP contribution is -2.38. The molecule has 2 aromatic rings. The molecule has 106 valence electrons. The molecule has 5 nitrogen and oxygen atoms in total. The Kier molecular flexibility index (Phi) is 4.40. The second-order valence-electron chi connectivity index (χ2n) is 4.96. The lowest BCUT2D eigenvalue weighted by molar-refractivity contribution is 0.203. The van der Waals surface area contributed by atoms with Gasteiger partial charge in [0, 0.05) is 25.9 Å². The molecule has 0 aliphatic carbocycles. The molecule has 20 heavy (non-hydrogen) atoms. The molecule has 1 aromatic heterocycles. The number of hydrogen-bond donors (Lipinski definition) is 1. The first-order valence-corrected chi connectivity index (χ1v) is 6.60. The summed E-state index contributed by atoms with van der Waals surface area (Å²) in [4.78, 5) is 13.8. The van der Waals surface area contributed by atoms with E-state index in [9.17, 15) is 4.79 Å². The molecule has 0 aliphatic heterocycles. The largest absolute Gasteiger partial charge is 0.331 e. The van der Waals surface area contributed by atoms with E-state index in [1.54, 1.807) is 22.8 Å². The molecule has 0 fully saturated rings. The molecule has 1 N–H and O–H groups in total. The number of aromatic nitrogens is 2. The first kappa shape index (κ1) is 14.1. The molecule has 1 aromatic carbocycles. The number of aryl methyl sites for hydroxylation is 1. The first-order valence-electron chi connectivity index (χ1n) is 6.60. The zero-order valence-corrected chi connectivity index (χ0v) is 12.1. The highest BCUT2D eigenvalue weighted by atomic mass is 16.2. The summed E-state index contributed by atoms with van der Waals surface area (Å²) < 4.78 is 1.73. The van der Waals surface area contributed by atoms with Crippen LogP contribution in [0.2, 0.25) is 0 Å². The number of rotatable bonds is 4. The van der Waals surface area contributed by atoms with E-state index in [4.69, 9.17) is 0 Å². The Morgan fingerprint density at radius 3 is 2.70 bits per heavy atom. The lowest BCUT2D eigenvalue weighted by Gasteiger charge is -2.21. The van der Waals surface area contributed by atoms with Gasteiger partial charge in [-0.2, -0.15) is 5.10 Å². The van der Waals surface area contributed by atoms with Crippen molar-refractivity contribution in [1.29, 1.82) is 0 Å². The highest BCUT2D eigenvalue weighted by Gasteiger charge is 2.13. The Morgan fingerprint density at radius 2 is 2.10 bits per heavy atom. The zero-order chi connectivity index (χ0) is 14.5. The fourth-order valence-electron chi connectivity index (χ4n) is 2.02. The predicted molar refractivity (Wildman–Crippen MR) is 78.1 cm³/mol. The summed E-state index contributed by atoms with van der Waals surface area (Å²) in [6.45, 7) is 2.52. The molecule has 0 spiro atoms. The van der Waals surface area contributed by atoms with Crippen LogP contribution in [-0.4, -0.2) is 27.8 Å². The quantitative estimate of drug-likeness (QED) is 0.928. The average molecular weight is 272 g/mol. The predicted octanol–water partition coefficient (Wildman–Crippen LogP) is 2.32. The van der Waals surface area contributed by atoms with Crippen LogP contribution in [0.3, 0.4) is 0 Å². The standard InChI is InChI=1S/C15H20N4O/c1-12(14-7-5-4-6-8-14)17-15(20)18(2)10-13-9-16-19(3)11-13/h4-9,11-12H,10H2,1-3H3,(H,17,20). The van der Waals surface area contributed by atoms with E-state index in [1.165, 1.54) is 0 Å². The van der Waals surface area contributed by atoms with Crippen molar-refractivity contribution in [3.05, 3.63) is 53.9 Å². The highest BCUT2D eigenvalue weighted by molar-refractivity contribution is 5.74. The Labute approximate surface area is 119 Å². The van der Waals surface area contributed by atoms with E-state index < -0.39 is 0 Å². The maximum atomic E-state index is 12.1. The Balaban J connectivity index is 1.91. The van der Waals surface area contributed by atoms with Gasteiger partial charge < -0.3 is 10.2 Å². The molecule has 0 bridgehead atoms. The third-order valence-corrected chi connectivity index (χ3v) is 3.16. The van der Waals surface area contributed by atoms with Crippen molar-refractivity contribution >= 4 is 6.03 Å². The minimum atomic E-state index is -0.0924. The summed E-state index contributed by atoms with van der Waals surface area (Å²) in [7, 11) is 3.64. The van der Waals surface area contributed by atoms with Crippen LogP contribution in [0, 0.1) is 0 Å². The monoisotopic (exact) mass is 272 g/mol. The minimum absolute atomic E-state index is 0.0138. The van der Waals surface area contributed by atoms with Gasteiger partial charge in [-0.15, -0.1) is 0 Å². The van der Waals surface area contributed by atoms with Crippen molar-refractivity contribution in [3.8, 4) is 0 Å². The van der Waals surface area contributed by atoms with Gasteiger partial charge in [0.2, 0.25) is 0 Å². The van der Waals surface area contributed by atoms with Gasteiger partial charge >= 0.3 is 6.03 Å². The van der Waals surface area contributed by atoms with Crippen LogP contribution < -0.4 is 5.32 Å². The summed E-state index contributed by atoms with van der Waals surface area (Å²) in [5, 5.41) is 7.08. The maximum absolute atomic E-state index is 12.1. The molecule has 2 rings (SSSR count). The van der Waals surface area contributed by atoms with Gasteiger partial charge in [-0.3, -0.25) is 4.68 Å². The number of benzene rings is 1. The Hall–Kier alpha value is -2.30. The molecular formula is C15H20N4O. The molecule has 2 amide bonds. The van der Waals surface area contributed by atoms with E-state index in [0.29, 0.717) is 6.54 Å². The summed E-state index contributed by atoms with van der Waals surface area (Å²) >= 11 is 0. The van der Waals surface area contributed by atoms with Crippen LogP contribution in [0.15, 0.2) is 42.7 Å². The van der Waals surface area contributed by atoms with E-state index in [1.807, 2.05) is 50.5 Å². The third-order valence-electron chi connectivity index (χ3n) is 3.16. The minimum Gasteiger partial charge on any atom is -0.331 e. The zero-order valence-electron chi connectivity index (χ0n) is 12.1. The number of nitrogens with one attached hydrogen (secondary N) is 1.